The molecule has 22 heavy (non-hydrogen) atoms. The maximum absolute atomic E-state index is 10.8. The first-order valence-electron chi connectivity index (χ1n) is 6.93. The Hall–Kier alpha value is -2.60. The molecule has 1 aromatic rings. The van der Waals surface area contributed by atoms with Crippen molar-refractivity contribution in [2.45, 2.75) is 33.3 Å². The quantitative estimate of drug-likeness (QED) is 0.352. The van der Waals surface area contributed by atoms with Crippen molar-refractivity contribution in [3.05, 3.63) is 66.3 Å². The summed E-state index contributed by atoms with van der Waals surface area (Å²) in [5, 5.41) is 8.19. The van der Waals surface area contributed by atoms with E-state index in [1.54, 1.807) is 13.0 Å². The smallest absolute Gasteiger partial charge is 0.333 e. The maximum Gasteiger partial charge on any atom is 0.333 e. The van der Waals surface area contributed by atoms with Gasteiger partial charge in [-0.05, 0) is 33.3 Å². The molecule has 0 spiro atoms. The summed E-state index contributed by atoms with van der Waals surface area (Å²) >= 11 is 0. The standard InChI is InChI=1S/C11H9N.C8H14O2/c12-10-6-2-5-9-11-7-3-1-4-8-11;1-6(2)7(9)10-8(3,4)5/h1-9H;1H2,2-5H3. The molecule has 0 saturated carbocycles. The van der Waals surface area contributed by atoms with E-state index in [4.69, 9.17) is 10.00 Å². The lowest BCUT2D eigenvalue weighted by atomic mass is 10.2. The van der Waals surface area contributed by atoms with Crippen molar-refractivity contribution in [1.29, 1.82) is 5.26 Å². The number of carbonyl (C=O) groups is 1. The van der Waals surface area contributed by atoms with E-state index in [1.807, 2.05) is 69.3 Å². The number of hydrogen-bond acceptors (Lipinski definition) is 3. The van der Waals surface area contributed by atoms with E-state index in [0.29, 0.717) is 5.57 Å². The lowest BCUT2D eigenvalue weighted by Crippen LogP contribution is -2.23. The Balaban J connectivity index is 0.000000409. The SMILES string of the molecule is C=C(C)C(=O)OC(C)(C)C.N#CC=CC=Cc1ccccc1. The van der Waals surface area contributed by atoms with E-state index in [-0.39, 0.29) is 5.97 Å². The minimum atomic E-state index is -0.407. The fourth-order valence-corrected chi connectivity index (χ4v) is 1.19. The molecular formula is C19H23NO2. The van der Waals surface area contributed by atoms with Crippen LogP contribution in [-0.2, 0) is 9.53 Å². The molecular weight excluding hydrogens is 274 g/mol. The van der Waals surface area contributed by atoms with Crippen LogP contribution in [0.4, 0.5) is 0 Å². The highest BCUT2D eigenvalue weighted by Crippen LogP contribution is 2.09. The summed E-state index contributed by atoms with van der Waals surface area (Å²) in [7, 11) is 0. The van der Waals surface area contributed by atoms with Crippen molar-refractivity contribution in [2.75, 3.05) is 0 Å². The molecule has 0 aliphatic carbocycles. The number of hydrogen-bond donors (Lipinski definition) is 0. The number of nitrogens with zero attached hydrogens (tertiary/aromatic N) is 1. The average molecular weight is 297 g/mol. The van der Waals surface area contributed by atoms with E-state index in [0.717, 1.165) is 5.56 Å². The van der Waals surface area contributed by atoms with E-state index >= 15 is 0 Å². The first-order valence-corrected chi connectivity index (χ1v) is 6.93. The lowest BCUT2D eigenvalue weighted by molar-refractivity contribution is -0.149. The molecule has 0 N–H and O–H groups in total. The predicted octanol–water partition coefficient (Wildman–Crippen LogP) is 4.68. The van der Waals surface area contributed by atoms with Crippen LogP contribution in [0.5, 0.6) is 0 Å². The van der Waals surface area contributed by atoms with E-state index in [1.165, 1.54) is 6.08 Å². The fourth-order valence-electron chi connectivity index (χ4n) is 1.19. The molecule has 0 bridgehead atoms. The molecule has 0 aliphatic rings. The number of allylic oxidation sites excluding steroid dienone is 3. The van der Waals surface area contributed by atoms with Crippen LogP contribution in [0.25, 0.3) is 6.08 Å². The normalized spacial score (nSPS) is 10.7. The van der Waals surface area contributed by atoms with Gasteiger partial charge in [0.15, 0.2) is 0 Å². The number of nitriles is 1. The number of rotatable bonds is 3. The van der Waals surface area contributed by atoms with Gasteiger partial charge in [-0.15, -0.1) is 0 Å². The highest BCUT2D eigenvalue weighted by molar-refractivity contribution is 5.87. The van der Waals surface area contributed by atoms with Gasteiger partial charge in [-0.25, -0.2) is 4.79 Å². The van der Waals surface area contributed by atoms with Crippen LogP contribution >= 0.6 is 0 Å². The summed E-state index contributed by atoms with van der Waals surface area (Å²) in [5.74, 6) is -0.326. The van der Waals surface area contributed by atoms with Gasteiger partial charge in [-0.1, -0.05) is 55.1 Å². The Morgan fingerprint density at radius 3 is 2.23 bits per heavy atom. The molecule has 0 unspecified atom stereocenters. The second-order valence-electron chi connectivity index (χ2n) is 5.54. The Kier molecular flexibility index (Phi) is 8.97. The zero-order chi connectivity index (χ0) is 17.0. The van der Waals surface area contributed by atoms with E-state index < -0.39 is 5.60 Å². The van der Waals surface area contributed by atoms with Gasteiger partial charge in [0, 0.05) is 11.6 Å². The van der Waals surface area contributed by atoms with Crippen LogP contribution in [-0.4, -0.2) is 11.6 Å². The number of benzene rings is 1. The van der Waals surface area contributed by atoms with E-state index in [2.05, 4.69) is 6.58 Å². The van der Waals surface area contributed by atoms with Crippen LogP contribution in [0.15, 0.2) is 60.7 Å². The highest BCUT2D eigenvalue weighted by Gasteiger charge is 2.15. The number of carbonyl (C=O) groups excluding carboxylic acids is 1. The van der Waals surface area contributed by atoms with Crippen molar-refractivity contribution in [3.8, 4) is 6.07 Å². The Morgan fingerprint density at radius 2 is 1.82 bits per heavy atom. The van der Waals surface area contributed by atoms with Gasteiger partial charge in [0.05, 0.1) is 6.07 Å². The van der Waals surface area contributed by atoms with Gasteiger partial charge < -0.3 is 4.74 Å². The third-order valence-electron chi connectivity index (χ3n) is 2.12. The predicted molar refractivity (Wildman–Crippen MR) is 90.9 cm³/mol. The zero-order valence-corrected chi connectivity index (χ0v) is 13.7. The summed E-state index contributed by atoms with van der Waals surface area (Å²) in [6.45, 7) is 10.6. The van der Waals surface area contributed by atoms with E-state index in [9.17, 15) is 4.79 Å². The summed E-state index contributed by atoms with van der Waals surface area (Å²) in [6.07, 6.45) is 6.96. The molecule has 0 radical (unpaired) electrons. The van der Waals surface area contributed by atoms with Crippen molar-refractivity contribution < 1.29 is 9.53 Å². The topological polar surface area (TPSA) is 50.1 Å². The molecule has 0 atom stereocenters. The second-order valence-corrected chi connectivity index (χ2v) is 5.54. The Bertz CT molecular complexity index is 570. The molecule has 0 aliphatic heterocycles. The molecule has 0 heterocycles. The second kappa shape index (κ2) is 10.2. The van der Waals surface area contributed by atoms with Gasteiger partial charge in [0.25, 0.3) is 0 Å². The van der Waals surface area contributed by atoms with Crippen LogP contribution in [0.1, 0.15) is 33.3 Å². The molecule has 0 amide bonds. The molecule has 116 valence electrons. The Labute approximate surface area is 133 Å². The van der Waals surface area contributed by atoms with Crippen LogP contribution in [0, 0.1) is 11.3 Å². The Morgan fingerprint density at radius 1 is 1.23 bits per heavy atom. The van der Waals surface area contributed by atoms with Crippen LogP contribution < -0.4 is 0 Å². The lowest BCUT2D eigenvalue weighted by Gasteiger charge is -2.19. The van der Waals surface area contributed by atoms with Crippen molar-refractivity contribution >= 4 is 12.0 Å². The molecule has 1 rings (SSSR count). The molecule has 0 aromatic heterocycles. The fraction of sp³-hybridized carbons (Fsp3) is 0.263. The first-order chi connectivity index (χ1) is 10.3. The van der Waals surface area contributed by atoms with Crippen molar-refractivity contribution in [2.24, 2.45) is 0 Å². The van der Waals surface area contributed by atoms with Crippen LogP contribution in [0.3, 0.4) is 0 Å². The molecule has 0 saturated heterocycles. The minimum Gasteiger partial charge on any atom is -0.457 e. The molecule has 3 nitrogen and oxygen atoms in total. The average Bonchev–Trinajstić information content (AvgIpc) is 2.44. The van der Waals surface area contributed by atoms with Crippen molar-refractivity contribution in [3.63, 3.8) is 0 Å². The third kappa shape index (κ3) is 11.2. The third-order valence-corrected chi connectivity index (χ3v) is 2.12. The summed E-state index contributed by atoms with van der Waals surface area (Å²) < 4.78 is 4.96. The minimum absolute atomic E-state index is 0.326. The zero-order valence-electron chi connectivity index (χ0n) is 13.7. The molecule has 0 fully saturated rings. The van der Waals surface area contributed by atoms with Gasteiger partial charge in [0.1, 0.15) is 5.60 Å². The largest absolute Gasteiger partial charge is 0.457 e. The molecule has 1 aromatic carbocycles. The number of ether oxygens (including phenoxy) is 1. The van der Waals surface area contributed by atoms with Crippen LogP contribution in [0.2, 0.25) is 0 Å². The van der Waals surface area contributed by atoms with Gasteiger partial charge in [0.2, 0.25) is 0 Å². The van der Waals surface area contributed by atoms with Crippen molar-refractivity contribution in [1.82, 2.24) is 0 Å². The van der Waals surface area contributed by atoms with Gasteiger partial charge >= 0.3 is 5.97 Å². The molecule has 3 heteroatoms. The summed E-state index contributed by atoms with van der Waals surface area (Å²) in [6, 6.07) is 11.9. The maximum atomic E-state index is 10.8. The monoisotopic (exact) mass is 297 g/mol. The summed E-state index contributed by atoms with van der Waals surface area (Å²) in [5.41, 5.74) is 1.17. The summed E-state index contributed by atoms with van der Waals surface area (Å²) in [4.78, 5) is 10.8. The number of esters is 1. The first kappa shape index (κ1) is 19.4. The van der Waals surface area contributed by atoms with Gasteiger partial charge in [-0.3, -0.25) is 0 Å². The highest BCUT2D eigenvalue weighted by atomic mass is 16.6. The van der Waals surface area contributed by atoms with Gasteiger partial charge in [-0.2, -0.15) is 5.26 Å².